The van der Waals surface area contributed by atoms with Crippen LogP contribution >= 0.6 is 0 Å². The second kappa shape index (κ2) is 6.85. The average Bonchev–Trinajstić information content (AvgIpc) is 2.79. The van der Waals surface area contributed by atoms with Crippen LogP contribution in [-0.4, -0.2) is 42.9 Å². The van der Waals surface area contributed by atoms with Crippen LogP contribution < -0.4 is 0 Å². The number of aliphatic hydroxyl groups excluding tert-OH is 1. The maximum Gasteiger partial charge on any atom is 0.169 e. The van der Waals surface area contributed by atoms with Crippen molar-refractivity contribution < 1.29 is 19.3 Å². The average molecular weight is 258 g/mol. The topological polar surface area (TPSA) is 47.9 Å². The van der Waals surface area contributed by atoms with Gasteiger partial charge >= 0.3 is 0 Å². The molecule has 0 aromatic heterocycles. The summed E-state index contributed by atoms with van der Waals surface area (Å²) < 4.78 is 17.8. The van der Waals surface area contributed by atoms with Crippen LogP contribution in [0, 0.1) is 0 Å². The summed E-state index contributed by atoms with van der Waals surface area (Å²) in [5.74, 6) is -0.322. The van der Waals surface area contributed by atoms with Gasteiger partial charge in [0, 0.05) is 12.8 Å². The molecule has 1 spiro atoms. The molecule has 0 unspecified atom stereocenters. The molecule has 1 aliphatic carbocycles. The summed E-state index contributed by atoms with van der Waals surface area (Å²) in [7, 11) is 0. The molecule has 1 saturated heterocycles. The predicted molar refractivity (Wildman–Crippen MR) is 68.4 cm³/mol. The standard InChI is InChI=1S/C14H26O4/c1-2-6-12(16-10-9-15)13-11-17-14(18-13)7-4-3-5-8-14/h12-13,15H,2-11H2,1H3/t12-,13+/m0/s1. The summed E-state index contributed by atoms with van der Waals surface area (Å²) >= 11 is 0. The van der Waals surface area contributed by atoms with E-state index in [9.17, 15) is 0 Å². The van der Waals surface area contributed by atoms with Gasteiger partial charge < -0.3 is 19.3 Å². The van der Waals surface area contributed by atoms with Crippen LogP contribution in [0.2, 0.25) is 0 Å². The van der Waals surface area contributed by atoms with E-state index >= 15 is 0 Å². The summed E-state index contributed by atoms with van der Waals surface area (Å²) in [5, 5.41) is 8.87. The predicted octanol–water partition coefficient (Wildman–Crippen LogP) is 2.24. The van der Waals surface area contributed by atoms with Crippen LogP contribution in [0.3, 0.4) is 0 Å². The van der Waals surface area contributed by atoms with Crippen molar-refractivity contribution in [3.8, 4) is 0 Å². The maximum atomic E-state index is 8.87. The minimum absolute atomic E-state index is 0.0367. The zero-order valence-corrected chi connectivity index (χ0v) is 11.4. The molecule has 0 bridgehead atoms. The molecule has 0 radical (unpaired) electrons. The lowest BCUT2D eigenvalue weighted by atomic mass is 9.94. The van der Waals surface area contributed by atoms with E-state index in [-0.39, 0.29) is 24.6 Å². The van der Waals surface area contributed by atoms with Crippen LogP contribution in [0.4, 0.5) is 0 Å². The van der Waals surface area contributed by atoms with Crippen molar-refractivity contribution in [2.24, 2.45) is 0 Å². The molecule has 1 saturated carbocycles. The molecule has 1 N–H and O–H groups in total. The highest BCUT2D eigenvalue weighted by Crippen LogP contribution is 2.39. The Bertz CT molecular complexity index is 238. The van der Waals surface area contributed by atoms with Crippen LogP contribution in [0.15, 0.2) is 0 Å². The largest absolute Gasteiger partial charge is 0.394 e. The van der Waals surface area contributed by atoms with Crippen LogP contribution in [0.25, 0.3) is 0 Å². The Morgan fingerprint density at radius 1 is 1.33 bits per heavy atom. The molecule has 18 heavy (non-hydrogen) atoms. The van der Waals surface area contributed by atoms with Gasteiger partial charge in [0.2, 0.25) is 0 Å². The molecular formula is C14H26O4. The van der Waals surface area contributed by atoms with Crippen LogP contribution in [-0.2, 0) is 14.2 Å². The highest BCUT2D eigenvalue weighted by atomic mass is 16.8. The molecule has 2 rings (SSSR count). The van der Waals surface area contributed by atoms with Gasteiger partial charge in [0.25, 0.3) is 0 Å². The lowest BCUT2D eigenvalue weighted by Gasteiger charge is -2.32. The molecule has 106 valence electrons. The lowest BCUT2D eigenvalue weighted by Crippen LogP contribution is -2.37. The van der Waals surface area contributed by atoms with Gasteiger partial charge in [-0.15, -0.1) is 0 Å². The van der Waals surface area contributed by atoms with Gasteiger partial charge in [-0.05, 0) is 19.3 Å². The number of aliphatic hydroxyl groups is 1. The summed E-state index contributed by atoms with van der Waals surface area (Å²) in [4.78, 5) is 0. The second-order valence-electron chi connectivity index (χ2n) is 5.36. The fraction of sp³-hybridized carbons (Fsp3) is 1.00. The van der Waals surface area contributed by atoms with E-state index < -0.39 is 0 Å². The first kappa shape index (κ1) is 14.3. The van der Waals surface area contributed by atoms with Gasteiger partial charge in [0.05, 0.1) is 25.9 Å². The smallest absolute Gasteiger partial charge is 0.169 e. The molecule has 0 aromatic carbocycles. The van der Waals surface area contributed by atoms with Gasteiger partial charge in [-0.2, -0.15) is 0 Å². The first-order chi connectivity index (χ1) is 8.79. The lowest BCUT2D eigenvalue weighted by molar-refractivity contribution is -0.199. The molecule has 0 aromatic rings. The molecule has 0 amide bonds. The minimum atomic E-state index is -0.322. The highest BCUT2D eigenvalue weighted by molar-refractivity contribution is 4.85. The quantitative estimate of drug-likeness (QED) is 0.793. The Balaban J connectivity index is 1.87. The van der Waals surface area contributed by atoms with E-state index in [0.717, 1.165) is 25.7 Å². The van der Waals surface area contributed by atoms with Crippen molar-refractivity contribution in [3.63, 3.8) is 0 Å². The van der Waals surface area contributed by atoms with E-state index in [1.165, 1.54) is 19.3 Å². The molecule has 1 heterocycles. The third-order valence-corrected chi connectivity index (χ3v) is 3.90. The van der Waals surface area contributed by atoms with E-state index in [4.69, 9.17) is 19.3 Å². The number of ether oxygens (including phenoxy) is 3. The molecule has 2 atom stereocenters. The Kier molecular flexibility index (Phi) is 5.42. The van der Waals surface area contributed by atoms with Crippen LogP contribution in [0.5, 0.6) is 0 Å². The summed E-state index contributed by atoms with van der Waals surface area (Å²) in [6.45, 7) is 3.23. The van der Waals surface area contributed by atoms with Gasteiger partial charge in [-0.3, -0.25) is 0 Å². The maximum absolute atomic E-state index is 8.87. The van der Waals surface area contributed by atoms with Gasteiger partial charge in [-0.1, -0.05) is 19.8 Å². The second-order valence-corrected chi connectivity index (χ2v) is 5.36. The fourth-order valence-corrected chi connectivity index (χ4v) is 2.98. The van der Waals surface area contributed by atoms with Crippen molar-refractivity contribution in [3.05, 3.63) is 0 Å². The highest BCUT2D eigenvalue weighted by Gasteiger charge is 2.44. The van der Waals surface area contributed by atoms with E-state index in [2.05, 4.69) is 6.92 Å². The Morgan fingerprint density at radius 2 is 2.11 bits per heavy atom. The van der Waals surface area contributed by atoms with E-state index in [1.807, 2.05) is 0 Å². The molecule has 2 fully saturated rings. The molecule has 1 aliphatic heterocycles. The van der Waals surface area contributed by atoms with Crippen LogP contribution in [0.1, 0.15) is 51.9 Å². The van der Waals surface area contributed by atoms with Crippen molar-refractivity contribution in [2.75, 3.05) is 19.8 Å². The zero-order chi connectivity index (χ0) is 12.8. The van der Waals surface area contributed by atoms with Crippen molar-refractivity contribution in [2.45, 2.75) is 69.9 Å². The van der Waals surface area contributed by atoms with Crippen molar-refractivity contribution >= 4 is 0 Å². The third kappa shape index (κ3) is 3.44. The normalized spacial score (nSPS) is 28.7. The Morgan fingerprint density at radius 3 is 2.78 bits per heavy atom. The molecule has 4 nitrogen and oxygen atoms in total. The minimum Gasteiger partial charge on any atom is -0.394 e. The third-order valence-electron chi connectivity index (χ3n) is 3.90. The molecular weight excluding hydrogens is 232 g/mol. The molecule has 4 heteroatoms. The van der Waals surface area contributed by atoms with Gasteiger partial charge in [0.1, 0.15) is 6.10 Å². The van der Waals surface area contributed by atoms with Crippen molar-refractivity contribution in [1.29, 1.82) is 0 Å². The van der Waals surface area contributed by atoms with E-state index in [1.54, 1.807) is 0 Å². The first-order valence-corrected chi connectivity index (χ1v) is 7.34. The summed E-state index contributed by atoms with van der Waals surface area (Å²) in [5.41, 5.74) is 0. The van der Waals surface area contributed by atoms with E-state index in [0.29, 0.717) is 13.2 Å². The summed E-state index contributed by atoms with van der Waals surface area (Å²) in [6.07, 6.45) is 7.83. The Hall–Kier alpha value is -0.160. The fourth-order valence-electron chi connectivity index (χ4n) is 2.98. The van der Waals surface area contributed by atoms with Crippen molar-refractivity contribution in [1.82, 2.24) is 0 Å². The first-order valence-electron chi connectivity index (χ1n) is 7.34. The van der Waals surface area contributed by atoms with Gasteiger partial charge in [0.15, 0.2) is 5.79 Å². The number of rotatable bonds is 6. The van der Waals surface area contributed by atoms with Gasteiger partial charge in [-0.25, -0.2) is 0 Å². The zero-order valence-electron chi connectivity index (χ0n) is 11.4. The SMILES string of the molecule is CCC[C@H](OCCO)[C@H]1COC2(CCCCC2)O1. The summed E-state index contributed by atoms with van der Waals surface area (Å²) in [6, 6.07) is 0. The monoisotopic (exact) mass is 258 g/mol. The Labute approximate surface area is 110 Å². The number of hydrogen-bond acceptors (Lipinski definition) is 4. The number of hydrogen-bond donors (Lipinski definition) is 1. The molecule has 2 aliphatic rings.